The molecule has 1 aliphatic rings. The van der Waals surface area contributed by atoms with E-state index in [0.717, 1.165) is 44.9 Å². The van der Waals surface area contributed by atoms with Gasteiger partial charge in [0.1, 0.15) is 24.4 Å². The highest BCUT2D eigenvalue weighted by Gasteiger charge is 2.44. The zero-order valence-corrected chi connectivity index (χ0v) is 45.8. The number of aliphatic hydroxyl groups is 5. The lowest BCUT2D eigenvalue weighted by Crippen LogP contribution is -2.60. The summed E-state index contributed by atoms with van der Waals surface area (Å²) in [5.74, 6) is -0.186. The first-order valence-electron chi connectivity index (χ1n) is 30.2. The molecule has 1 saturated heterocycles. The number of aliphatic hydroxyl groups excluding tert-OH is 5. The fourth-order valence-electron chi connectivity index (χ4n) is 9.66. The SMILES string of the molecule is CCCCCCCCCCCCCCCCCCC/C=C/CC/C=C/CC/C=C/C(O)C(COC1OC(CO)C(O)C(O)C1O)NC(=O)CCCCCCCCCCCCCCCCCCCCCC. The Morgan fingerprint density at radius 2 is 0.814 bits per heavy atom. The van der Waals surface area contributed by atoms with Gasteiger partial charge in [-0.3, -0.25) is 4.79 Å². The Balaban J connectivity index is 2.24. The molecule has 1 fully saturated rings. The van der Waals surface area contributed by atoms with Crippen molar-refractivity contribution in [2.24, 2.45) is 0 Å². The molecule has 0 saturated carbocycles. The Labute approximate surface area is 431 Å². The molecule has 1 heterocycles. The molecule has 9 heteroatoms. The summed E-state index contributed by atoms with van der Waals surface area (Å²) in [7, 11) is 0. The van der Waals surface area contributed by atoms with E-state index < -0.39 is 49.5 Å². The van der Waals surface area contributed by atoms with Crippen molar-refractivity contribution < 1.29 is 39.8 Å². The number of rotatable bonds is 52. The Morgan fingerprint density at radius 1 is 0.471 bits per heavy atom. The third-order valence-corrected chi connectivity index (χ3v) is 14.4. The average Bonchev–Trinajstić information content (AvgIpc) is 3.36. The van der Waals surface area contributed by atoms with Crippen LogP contribution in [-0.2, 0) is 14.3 Å². The lowest BCUT2D eigenvalue weighted by Gasteiger charge is -2.40. The van der Waals surface area contributed by atoms with Gasteiger partial charge in [-0.25, -0.2) is 0 Å². The molecule has 1 aliphatic heterocycles. The standard InChI is InChI=1S/C61H115NO8/c1-3-5-7-9-11-13-15-17-19-21-23-25-26-27-28-29-30-31-32-34-36-38-40-42-44-46-48-50-55(64)54(53-69-61-60(68)59(67)58(66)56(52-63)70-61)62-57(65)51-49-47-45-43-41-39-37-35-33-24-22-20-18-16-14-12-10-8-6-4-2/h32,34,40,42,48,50,54-56,58-61,63-64,66-68H,3-31,33,35-39,41,43-47,49,51-53H2,1-2H3,(H,62,65)/b34-32+,42-40+,50-48+. The molecule has 1 amide bonds. The van der Waals surface area contributed by atoms with Crippen LogP contribution in [0.4, 0.5) is 0 Å². The molecule has 0 aromatic carbocycles. The van der Waals surface area contributed by atoms with Crippen LogP contribution in [0.5, 0.6) is 0 Å². The maximum absolute atomic E-state index is 13.1. The number of unbranched alkanes of at least 4 members (excludes halogenated alkanes) is 38. The van der Waals surface area contributed by atoms with E-state index in [4.69, 9.17) is 9.47 Å². The highest BCUT2D eigenvalue weighted by atomic mass is 16.7. The molecule has 0 aromatic rings. The van der Waals surface area contributed by atoms with Gasteiger partial charge in [-0.05, 0) is 44.9 Å². The second kappa shape index (κ2) is 50.9. The zero-order chi connectivity index (χ0) is 50.8. The number of hydrogen-bond acceptors (Lipinski definition) is 8. The number of carbonyl (C=O) groups excluding carboxylic acids is 1. The summed E-state index contributed by atoms with van der Waals surface area (Å²) in [6.45, 7) is 3.80. The summed E-state index contributed by atoms with van der Waals surface area (Å²) < 4.78 is 11.3. The van der Waals surface area contributed by atoms with Gasteiger partial charge in [0.15, 0.2) is 6.29 Å². The van der Waals surface area contributed by atoms with Crippen LogP contribution in [0.3, 0.4) is 0 Å². The zero-order valence-electron chi connectivity index (χ0n) is 45.8. The van der Waals surface area contributed by atoms with Crippen molar-refractivity contribution in [3.05, 3.63) is 36.5 Å². The van der Waals surface area contributed by atoms with Crippen molar-refractivity contribution in [3.8, 4) is 0 Å². The van der Waals surface area contributed by atoms with Crippen LogP contribution in [0, 0.1) is 0 Å². The Kier molecular flexibility index (Phi) is 48.3. The van der Waals surface area contributed by atoms with E-state index in [2.05, 4.69) is 43.5 Å². The lowest BCUT2D eigenvalue weighted by molar-refractivity contribution is -0.302. The first-order chi connectivity index (χ1) is 34.3. The van der Waals surface area contributed by atoms with Crippen molar-refractivity contribution in [2.75, 3.05) is 13.2 Å². The maximum atomic E-state index is 13.1. The highest BCUT2D eigenvalue weighted by Crippen LogP contribution is 2.23. The fourth-order valence-corrected chi connectivity index (χ4v) is 9.66. The Morgan fingerprint density at radius 3 is 1.20 bits per heavy atom. The van der Waals surface area contributed by atoms with Crippen LogP contribution >= 0.6 is 0 Å². The molecule has 0 aliphatic carbocycles. The minimum atomic E-state index is -1.57. The van der Waals surface area contributed by atoms with Gasteiger partial charge >= 0.3 is 0 Å². The lowest BCUT2D eigenvalue weighted by atomic mass is 9.99. The van der Waals surface area contributed by atoms with E-state index in [0.29, 0.717) is 6.42 Å². The Hall–Kier alpha value is -1.59. The first-order valence-corrected chi connectivity index (χ1v) is 30.2. The van der Waals surface area contributed by atoms with Crippen LogP contribution < -0.4 is 5.32 Å². The molecule has 7 unspecified atom stereocenters. The molecule has 0 bridgehead atoms. The second-order valence-electron chi connectivity index (χ2n) is 21.1. The van der Waals surface area contributed by atoms with E-state index in [9.17, 15) is 30.3 Å². The number of hydrogen-bond donors (Lipinski definition) is 6. The summed E-state index contributed by atoms with van der Waals surface area (Å²) in [4.78, 5) is 13.1. The predicted octanol–water partition coefficient (Wildman–Crippen LogP) is 15.1. The van der Waals surface area contributed by atoms with E-state index >= 15 is 0 Å². The van der Waals surface area contributed by atoms with E-state index in [-0.39, 0.29) is 12.5 Å². The quantitative estimate of drug-likeness (QED) is 0.0261. The van der Waals surface area contributed by atoms with Gasteiger partial charge in [0.2, 0.25) is 5.91 Å². The fraction of sp³-hybridized carbons (Fsp3) is 0.885. The third kappa shape index (κ3) is 39.9. The van der Waals surface area contributed by atoms with Gasteiger partial charge < -0.3 is 40.3 Å². The molecule has 7 atom stereocenters. The van der Waals surface area contributed by atoms with Crippen LogP contribution in [0.1, 0.15) is 290 Å². The van der Waals surface area contributed by atoms with Crippen LogP contribution in [0.25, 0.3) is 0 Å². The molecular formula is C61H115NO8. The summed E-state index contributed by atoms with van der Waals surface area (Å²) in [5.41, 5.74) is 0. The minimum absolute atomic E-state index is 0.186. The minimum Gasteiger partial charge on any atom is -0.394 e. The monoisotopic (exact) mass is 990 g/mol. The number of ether oxygens (including phenoxy) is 2. The maximum Gasteiger partial charge on any atom is 0.220 e. The van der Waals surface area contributed by atoms with Crippen molar-refractivity contribution in [1.82, 2.24) is 5.32 Å². The molecule has 0 radical (unpaired) electrons. The van der Waals surface area contributed by atoms with Crippen molar-refractivity contribution in [1.29, 1.82) is 0 Å². The van der Waals surface area contributed by atoms with Gasteiger partial charge in [0, 0.05) is 6.42 Å². The Bertz CT molecular complexity index is 1190. The second-order valence-corrected chi connectivity index (χ2v) is 21.1. The summed E-state index contributed by atoms with van der Waals surface area (Å²) in [5, 5.41) is 54.5. The van der Waals surface area contributed by atoms with Crippen molar-refractivity contribution in [2.45, 2.75) is 333 Å². The molecule has 0 spiro atoms. The topological polar surface area (TPSA) is 149 Å². The van der Waals surface area contributed by atoms with Crippen LogP contribution in [-0.4, -0.2) is 87.5 Å². The van der Waals surface area contributed by atoms with E-state index in [1.807, 2.05) is 6.08 Å². The van der Waals surface area contributed by atoms with Crippen LogP contribution in [0.2, 0.25) is 0 Å². The predicted molar refractivity (Wildman–Crippen MR) is 295 cm³/mol. The number of carbonyl (C=O) groups is 1. The van der Waals surface area contributed by atoms with E-state index in [1.165, 1.54) is 225 Å². The van der Waals surface area contributed by atoms with Gasteiger partial charge in [-0.1, -0.05) is 275 Å². The van der Waals surface area contributed by atoms with Crippen LogP contribution in [0.15, 0.2) is 36.5 Å². The molecule has 6 N–H and O–H groups in total. The number of allylic oxidation sites excluding steroid dienone is 5. The van der Waals surface area contributed by atoms with E-state index in [1.54, 1.807) is 6.08 Å². The largest absolute Gasteiger partial charge is 0.394 e. The molecule has 1 rings (SSSR count). The summed E-state index contributed by atoms with van der Waals surface area (Å²) >= 11 is 0. The van der Waals surface area contributed by atoms with Gasteiger partial charge in [0.05, 0.1) is 25.4 Å². The number of nitrogens with one attached hydrogen (secondary N) is 1. The summed E-state index contributed by atoms with van der Waals surface area (Å²) in [6.07, 6.45) is 59.4. The van der Waals surface area contributed by atoms with Crippen molar-refractivity contribution in [3.63, 3.8) is 0 Å². The summed E-state index contributed by atoms with van der Waals surface area (Å²) in [6, 6.07) is -0.826. The molecule has 0 aromatic heterocycles. The van der Waals surface area contributed by atoms with Gasteiger partial charge in [0.25, 0.3) is 0 Å². The van der Waals surface area contributed by atoms with Gasteiger partial charge in [-0.2, -0.15) is 0 Å². The smallest absolute Gasteiger partial charge is 0.220 e. The van der Waals surface area contributed by atoms with Gasteiger partial charge in [-0.15, -0.1) is 0 Å². The number of amides is 1. The first kappa shape index (κ1) is 66.4. The highest BCUT2D eigenvalue weighted by molar-refractivity contribution is 5.76. The third-order valence-electron chi connectivity index (χ3n) is 14.4. The molecule has 412 valence electrons. The average molecular weight is 991 g/mol. The normalized spacial score (nSPS) is 19.6. The van der Waals surface area contributed by atoms with Crippen molar-refractivity contribution >= 4 is 5.91 Å². The molecular weight excluding hydrogens is 875 g/mol. The molecule has 70 heavy (non-hydrogen) atoms. The molecule has 9 nitrogen and oxygen atoms in total.